The molecule has 7 heteroatoms. The number of rotatable bonds is 5. The lowest BCUT2D eigenvalue weighted by Gasteiger charge is -2.35. The van der Waals surface area contributed by atoms with E-state index >= 15 is 0 Å². The summed E-state index contributed by atoms with van der Waals surface area (Å²) < 4.78 is 4.74. The summed E-state index contributed by atoms with van der Waals surface area (Å²) in [5.74, 6) is 0.554. The van der Waals surface area contributed by atoms with E-state index < -0.39 is 0 Å². The Morgan fingerprint density at radius 3 is 2.52 bits per heavy atom. The molecule has 2 rings (SSSR count). The number of methoxy groups -OCH3 is 1. The van der Waals surface area contributed by atoms with E-state index in [0.29, 0.717) is 24.3 Å². The van der Waals surface area contributed by atoms with Crippen molar-refractivity contribution in [3.8, 4) is 0 Å². The zero-order valence-corrected chi connectivity index (χ0v) is 14.0. The molecule has 2 heterocycles. The molecule has 1 aromatic heterocycles. The van der Waals surface area contributed by atoms with Gasteiger partial charge in [0, 0.05) is 32.7 Å². The van der Waals surface area contributed by atoms with Crippen molar-refractivity contribution in [2.45, 2.75) is 13.8 Å². The number of likely N-dealkylation sites (N-methyl/N-ethyl adjacent to an activating group) is 1. The first-order valence-electron chi connectivity index (χ1n) is 7.85. The number of pyridine rings is 1. The molecule has 23 heavy (non-hydrogen) atoms. The molecule has 1 N–H and O–H groups in total. The second-order valence-electron chi connectivity index (χ2n) is 5.51. The zero-order chi connectivity index (χ0) is 16.8. The minimum absolute atomic E-state index is 0.0670. The first kappa shape index (κ1) is 17.2. The molecule has 1 aliphatic heterocycles. The zero-order valence-electron chi connectivity index (χ0n) is 14.0. The van der Waals surface area contributed by atoms with Gasteiger partial charge < -0.3 is 15.0 Å². The number of hydrogen-bond donors (Lipinski definition) is 1. The first-order chi connectivity index (χ1) is 11.0. The van der Waals surface area contributed by atoms with Gasteiger partial charge in [-0.25, -0.2) is 9.78 Å². The molecule has 0 spiro atoms. The van der Waals surface area contributed by atoms with Gasteiger partial charge in [-0.2, -0.15) is 0 Å². The molecule has 126 valence electrons. The van der Waals surface area contributed by atoms with Gasteiger partial charge in [-0.05, 0) is 26.0 Å². The van der Waals surface area contributed by atoms with Crippen molar-refractivity contribution in [1.29, 1.82) is 0 Å². The number of anilines is 1. The van der Waals surface area contributed by atoms with Crippen LogP contribution in [0.4, 0.5) is 5.82 Å². The van der Waals surface area contributed by atoms with E-state index in [4.69, 9.17) is 4.74 Å². The summed E-state index contributed by atoms with van der Waals surface area (Å²) in [6, 6.07) is 3.60. The van der Waals surface area contributed by atoms with Gasteiger partial charge in [0.15, 0.2) is 0 Å². The summed E-state index contributed by atoms with van der Waals surface area (Å²) in [4.78, 5) is 32.0. The number of hydrogen-bond acceptors (Lipinski definition) is 6. The highest BCUT2D eigenvalue weighted by Gasteiger charge is 2.20. The normalized spacial score (nSPS) is 15.3. The topological polar surface area (TPSA) is 74.8 Å². The molecule has 1 fully saturated rings. The van der Waals surface area contributed by atoms with Gasteiger partial charge >= 0.3 is 5.97 Å². The predicted octanol–water partition coefficient (Wildman–Crippen LogP) is 0.435. The molecule has 0 aromatic carbocycles. The summed E-state index contributed by atoms with van der Waals surface area (Å²) >= 11 is 0. The molecular formula is C16H24N4O3. The number of esters is 1. The lowest BCUT2D eigenvalue weighted by molar-refractivity contribution is -0.122. The van der Waals surface area contributed by atoms with E-state index in [1.807, 2.05) is 13.0 Å². The van der Waals surface area contributed by atoms with Crippen molar-refractivity contribution in [2.75, 3.05) is 51.3 Å². The molecule has 1 amide bonds. The third-order valence-electron chi connectivity index (χ3n) is 3.91. The summed E-state index contributed by atoms with van der Waals surface area (Å²) in [6.45, 7) is 8.08. The molecule has 0 unspecified atom stereocenters. The number of aromatic nitrogens is 1. The number of carbonyl (C=O) groups is 2. The van der Waals surface area contributed by atoms with Crippen molar-refractivity contribution in [2.24, 2.45) is 0 Å². The van der Waals surface area contributed by atoms with E-state index in [2.05, 4.69) is 20.1 Å². The molecule has 0 atom stereocenters. The Kier molecular flexibility index (Phi) is 5.92. The quantitative estimate of drug-likeness (QED) is 0.793. The number of piperazine rings is 1. The summed E-state index contributed by atoms with van der Waals surface area (Å²) in [6.07, 6.45) is 0. The predicted molar refractivity (Wildman–Crippen MR) is 87.7 cm³/mol. The molecule has 0 aliphatic carbocycles. The van der Waals surface area contributed by atoms with Crippen molar-refractivity contribution in [1.82, 2.24) is 15.2 Å². The molecule has 7 nitrogen and oxygen atoms in total. The Balaban J connectivity index is 1.94. The van der Waals surface area contributed by atoms with E-state index in [1.165, 1.54) is 7.11 Å². The number of nitrogens with zero attached hydrogens (tertiary/aromatic N) is 3. The number of nitrogens with one attached hydrogen (secondary N) is 1. The Morgan fingerprint density at radius 1 is 1.26 bits per heavy atom. The molecule has 1 saturated heterocycles. The van der Waals surface area contributed by atoms with Crippen LogP contribution in [0.1, 0.15) is 23.0 Å². The Labute approximate surface area is 136 Å². The van der Waals surface area contributed by atoms with Gasteiger partial charge in [-0.3, -0.25) is 9.69 Å². The van der Waals surface area contributed by atoms with Gasteiger partial charge in [0.05, 0.1) is 24.9 Å². The summed E-state index contributed by atoms with van der Waals surface area (Å²) in [5.41, 5.74) is 1.16. The lowest BCUT2D eigenvalue weighted by atomic mass is 10.2. The van der Waals surface area contributed by atoms with E-state index in [1.54, 1.807) is 13.0 Å². The Morgan fingerprint density at radius 2 is 1.96 bits per heavy atom. The first-order valence-corrected chi connectivity index (χ1v) is 7.85. The second kappa shape index (κ2) is 7.92. The fourth-order valence-corrected chi connectivity index (χ4v) is 2.64. The highest BCUT2D eigenvalue weighted by atomic mass is 16.5. The smallest absolute Gasteiger partial charge is 0.339 e. The fraction of sp³-hybridized carbons (Fsp3) is 0.562. The molecule has 0 radical (unpaired) electrons. The number of aryl methyl sites for hydroxylation is 1. The largest absolute Gasteiger partial charge is 0.465 e. The van der Waals surface area contributed by atoms with Gasteiger partial charge in [-0.15, -0.1) is 0 Å². The Hall–Kier alpha value is -2.15. The van der Waals surface area contributed by atoms with Crippen LogP contribution in [0.15, 0.2) is 12.1 Å². The monoisotopic (exact) mass is 320 g/mol. The van der Waals surface area contributed by atoms with Gasteiger partial charge in [0.1, 0.15) is 5.82 Å². The highest BCUT2D eigenvalue weighted by Crippen LogP contribution is 2.17. The van der Waals surface area contributed by atoms with Crippen molar-refractivity contribution in [3.63, 3.8) is 0 Å². The summed E-state index contributed by atoms with van der Waals surface area (Å²) in [5, 5.41) is 2.82. The van der Waals surface area contributed by atoms with Crippen LogP contribution in [-0.2, 0) is 9.53 Å². The minimum Gasteiger partial charge on any atom is -0.465 e. The molecule has 1 aliphatic rings. The second-order valence-corrected chi connectivity index (χ2v) is 5.51. The highest BCUT2D eigenvalue weighted by molar-refractivity contribution is 5.90. The van der Waals surface area contributed by atoms with Crippen LogP contribution in [0, 0.1) is 6.92 Å². The molecule has 1 aromatic rings. The minimum atomic E-state index is -0.367. The van der Waals surface area contributed by atoms with Crippen molar-refractivity contribution in [3.05, 3.63) is 23.4 Å². The van der Waals surface area contributed by atoms with E-state index in [-0.39, 0.29) is 11.9 Å². The van der Waals surface area contributed by atoms with Crippen LogP contribution in [-0.4, -0.2) is 68.1 Å². The van der Waals surface area contributed by atoms with E-state index in [0.717, 1.165) is 32.0 Å². The average molecular weight is 320 g/mol. The van der Waals surface area contributed by atoms with Gasteiger partial charge in [0.25, 0.3) is 0 Å². The van der Waals surface area contributed by atoms with Gasteiger partial charge in [-0.1, -0.05) is 0 Å². The van der Waals surface area contributed by atoms with Crippen LogP contribution in [0.25, 0.3) is 0 Å². The fourth-order valence-electron chi connectivity index (χ4n) is 2.64. The van der Waals surface area contributed by atoms with Crippen LogP contribution in [0.2, 0.25) is 0 Å². The number of amides is 1. The molecule has 0 saturated carbocycles. The number of carbonyl (C=O) groups excluding carboxylic acids is 2. The summed E-state index contributed by atoms with van der Waals surface area (Å²) in [7, 11) is 1.36. The van der Waals surface area contributed by atoms with Crippen molar-refractivity contribution < 1.29 is 14.3 Å². The maximum Gasteiger partial charge on any atom is 0.339 e. The average Bonchev–Trinajstić information content (AvgIpc) is 2.55. The number of ether oxygens (including phenoxy) is 1. The Bertz CT molecular complexity index is 568. The lowest BCUT2D eigenvalue weighted by Crippen LogP contribution is -2.49. The van der Waals surface area contributed by atoms with Crippen LogP contribution in [0.3, 0.4) is 0 Å². The maximum atomic E-state index is 11.6. The molecule has 0 bridgehead atoms. The van der Waals surface area contributed by atoms with Gasteiger partial charge in [0.2, 0.25) is 5.91 Å². The third kappa shape index (κ3) is 4.41. The standard InChI is InChI=1S/C16H24N4O3/c1-4-17-15(21)11-19-7-9-20(10-8-19)14-6-5-13(12(2)18-14)16(22)23-3/h5-6H,4,7-11H2,1-3H3,(H,17,21). The van der Waals surface area contributed by atoms with Crippen LogP contribution < -0.4 is 10.2 Å². The van der Waals surface area contributed by atoms with E-state index in [9.17, 15) is 9.59 Å². The maximum absolute atomic E-state index is 11.6. The van der Waals surface area contributed by atoms with Crippen molar-refractivity contribution >= 4 is 17.7 Å². The SMILES string of the molecule is CCNC(=O)CN1CCN(c2ccc(C(=O)OC)c(C)n2)CC1. The third-order valence-corrected chi connectivity index (χ3v) is 3.91. The molecular weight excluding hydrogens is 296 g/mol. The van der Waals surface area contributed by atoms with Crippen LogP contribution in [0.5, 0.6) is 0 Å². The van der Waals surface area contributed by atoms with Crippen LogP contribution >= 0.6 is 0 Å².